The molecule has 14 heteroatoms. The first-order chi connectivity index (χ1) is 17.4. The van der Waals surface area contributed by atoms with Crippen molar-refractivity contribution in [2.24, 2.45) is 10.2 Å². The Morgan fingerprint density at radius 1 is 0.889 bits per heavy atom. The number of anilines is 2. The molecule has 8 N–H and O–H groups in total. The highest BCUT2D eigenvalue weighted by Gasteiger charge is 2.28. The van der Waals surface area contributed by atoms with Gasteiger partial charge in [-0.25, -0.2) is 20.8 Å². The van der Waals surface area contributed by atoms with Gasteiger partial charge in [0.1, 0.15) is 24.0 Å². The van der Waals surface area contributed by atoms with Crippen LogP contribution in [-0.2, 0) is 0 Å². The Hall–Kier alpha value is -4.50. The number of para-hydroxylation sites is 2. The van der Waals surface area contributed by atoms with Gasteiger partial charge in [0.15, 0.2) is 0 Å². The summed E-state index contributed by atoms with van der Waals surface area (Å²) in [7, 11) is 0. The molecular formula is C22H22N8O6. The van der Waals surface area contributed by atoms with Crippen LogP contribution in [0.25, 0.3) is 21.8 Å². The van der Waals surface area contributed by atoms with Crippen LogP contribution < -0.4 is 22.0 Å². The number of nitrogens with one attached hydrogen (secondary N) is 4. The fourth-order valence-electron chi connectivity index (χ4n) is 3.22. The minimum Gasteiger partial charge on any atom is -0.394 e. The zero-order valence-corrected chi connectivity index (χ0v) is 18.5. The number of aliphatic hydroxyl groups excluding tert-OH is 4. The molecule has 2 aromatic heterocycles. The van der Waals surface area contributed by atoms with Crippen LogP contribution in [0.4, 0.5) is 11.9 Å². The van der Waals surface area contributed by atoms with Gasteiger partial charge in [0.2, 0.25) is 11.9 Å². The van der Waals surface area contributed by atoms with E-state index in [0.29, 0.717) is 21.8 Å². The number of aromatic amines is 2. The number of aliphatic hydroxyl groups is 4. The van der Waals surface area contributed by atoms with E-state index in [1.165, 1.54) is 0 Å². The van der Waals surface area contributed by atoms with E-state index in [2.05, 4.69) is 41.0 Å². The number of aromatic nitrogens is 4. The first-order valence-electron chi connectivity index (χ1n) is 10.6. The number of hydrogen-bond acceptors (Lipinski definition) is 12. The zero-order valence-electron chi connectivity index (χ0n) is 18.5. The highest BCUT2D eigenvalue weighted by molar-refractivity contribution is 6.33. The van der Waals surface area contributed by atoms with E-state index in [1.54, 1.807) is 48.5 Å². The molecule has 4 rings (SSSR count). The number of fused-ring (bicyclic) bond motifs is 2. The number of rotatable bonds is 9. The Bertz CT molecular complexity index is 1550. The standard InChI is InChI=1S/C22H22N8O6/c31-10-16(32)18(34)17(33)15(28-30-22-25-14-8-4-2-6-12(14)20(36)27-22)9-23-29-21-24-13-7-3-1-5-11(13)19(35)26-21/h1-9,16-18,31-34H,10H2,(H2,24,26,29,35)(H2,25,27,30,36)/b23-9+,28-15+. The van der Waals surface area contributed by atoms with E-state index in [4.69, 9.17) is 5.11 Å². The highest BCUT2D eigenvalue weighted by atomic mass is 16.4. The predicted octanol–water partition coefficient (Wildman–Crippen LogP) is -0.900. The fraction of sp³-hybridized carbons (Fsp3) is 0.182. The maximum absolute atomic E-state index is 12.3. The summed E-state index contributed by atoms with van der Waals surface area (Å²) in [5.41, 5.74) is 4.61. The van der Waals surface area contributed by atoms with Crippen molar-refractivity contribution in [3.63, 3.8) is 0 Å². The van der Waals surface area contributed by atoms with E-state index in [-0.39, 0.29) is 17.6 Å². The van der Waals surface area contributed by atoms with E-state index >= 15 is 0 Å². The van der Waals surface area contributed by atoms with Gasteiger partial charge in [0.05, 0.1) is 34.6 Å². The molecule has 0 spiro atoms. The Kier molecular flexibility index (Phi) is 7.41. The van der Waals surface area contributed by atoms with Gasteiger partial charge in [0.25, 0.3) is 11.1 Å². The van der Waals surface area contributed by atoms with Gasteiger partial charge in [-0.1, -0.05) is 24.3 Å². The van der Waals surface area contributed by atoms with Gasteiger partial charge in [-0.3, -0.25) is 19.6 Å². The molecule has 3 atom stereocenters. The van der Waals surface area contributed by atoms with E-state index < -0.39 is 36.0 Å². The van der Waals surface area contributed by atoms with Gasteiger partial charge in [0, 0.05) is 0 Å². The van der Waals surface area contributed by atoms with Crippen molar-refractivity contribution >= 4 is 45.6 Å². The van der Waals surface area contributed by atoms with Crippen LogP contribution in [0.15, 0.2) is 68.3 Å². The molecule has 36 heavy (non-hydrogen) atoms. The molecular weight excluding hydrogens is 472 g/mol. The van der Waals surface area contributed by atoms with E-state index in [9.17, 15) is 24.9 Å². The summed E-state index contributed by atoms with van der Waals surface area (Å²) in [6, 6.07) is 13.3. The summed E-state index contributed by atoms with van der Waals surface area (Å²) in [4.78, 5) is 37.9. The Balaban J connectivity index is 1.61. The topological polar surface area (TPSA) is 221 Å². The van der Waals surface area contributed by atoms with Crippen LogP contribution in [0.1, 0.15) is 0 Å². The van der Waals surface area contributed by atoms with Crippen molar-refractivity contribution in [2.75, 3.05) is 17.5 Å². The molecule has 0 saturated carbocycles. The van der Waals surface area contributed by atoms with Gasteiger partial charge in [-0.05, 0) is 24.3 Å². The summed E-state index contributed by atoms with van der Waals surface area (Å²) in [5.74, 6) is -0.0734. The van der Waals surface area contributed by atoms with Crippen molar-refractivity contribution in [3.05, 3.63) is 69.2 Å². The molecule has 0 aliphatic heterocycles. The summed E-state index contributed by atoms with van der Waals surface area (Å²) >= 11 is 0. The molecule has 0 bridgehead atoms. The van der Waals surface area contributed by atoms with Crippen molar-refractivity contribution in [3.8, 4) is 0 Å². The molecule has 0 saturated heterocycles. The molecule has 2 heterocycles. The number of hydrazone groups is 2. The third-order valence-electron chi connectivity index (χ3n) is 5.09. The molecule has 3 unspecified atom stereocenters. The fourth-order valence-corrected chi connectivity index (χ4v) is 3.22. The summed E-state index contributed by atoms with van der Waals surface area (Å²) in [5, 5.41) is 48.0. The normalized spacial score (nSPS) is 14.7. The Labute approximate surface area is 201 Å². The second-order valence-corrected chi connectivity index (χ2v) is 7.57. The molecule has 186 valence electrons. The van der Waals surface area contributed by atoms with Crippen LogP contribution >= 0.6 is 0 Å². The largest absolute Gasteiger partial charge is 0.394 e. The van der Waals surface area contributed by atoms with Gasteiger partial charge in [-0.15, -0.1) is 0 Å². The van der Waals surface area contributed by atoms with Crippen LogP contribution in [0.2, 0.25) is 0 Å². The second-order valence-electron chi connectivity index (χ2n) is 7.57. The van der Waals surface area contributed by atoms with Crippen LogP contribution in [-0.4, -0.2) is 77.2 Å². The smallest absolute Gasteiger partial charge is 0.260 e. The molecule has 0 aliphatic carbocycles. The van der Waals surface area contributed by atoms with Crippen molar-refractivity contribution in [1.82, 2.24) is 19.9 Å². The molecule has 14 nitrogen and oxygen atoms in total. The first kappa shape index (κ1) is 24.6. The van der Waals surface area contributed by atoms with Gasteiger partial charge < -0.3 is 20.4 Å². The summed E-state index contributed by atoms with van der Waals surface area (Å²) in [6.07, 6.45) is -4.34. The molecule has 2 aromatic carbocycles. The lowest BCUT2D eigenvalue weighted by atomic mass is 10.0. The number of nitrogens with zero attached hydrogens (tertiary/aromatic N) is 4. The van der Waals surface area contributed by atoms with Gasteiger partial charge in [-0.2, -0.15) is 10.2 Å². The molecule has 0 aliphatic rings. The van der Waals surface area contributed by atoms with Crippen LogP contribution in [0, 0.1) is 0 Å². The van der Waals surface area contributed by atoms with Gasteiger partial charge >= 0.3 is 0 Å². The first-order valence-corrected chi connectivity index (χ1v) is 10.6. The predicted molar refractivity (Wildman–Crippen MR) is 133 cm³/mol. The summed E-state index contributed by atoms with van der Waals surface area (Å²) in [6.45, 7) is -0.823. The molecule has 0 radical (unpaired) electrons. The Morgan fingerprint density at radius 3 is 1.97 bits per heavy atom. The highest BCUT2D eigenvalue weighted by Crippen LogP contribution is 2.10. The SMILES string of the molecule is O=c1[nH]c(N/N=C/C(=N\Nc2nc3ccccc3c(=O)[nH]2)C(O)C(O)C(O)CO)nc2ccccc12. The second kappa shape index (κ2) is 10.8. The molecule has 4 aromatic rings. The van der Waals surface area contributed by atoms with E-state index in [0.717, 1.165) is 6.21 Å². The number of hydrogen-bond donors (Lipinski definition) is 8. The minimum atomic E-state index is -1.83. The van der Waals surface area contributed by atoms with Crippen molar-refractivity contribution < 1.29 is 20.4 Å². The maximum atomic E-state index is 12.3. The molecule has 0 amide bonds. The van der Waals surface area contributed by atoms with Crippen molar-refractivity contribution in [1.29, 1.82) is 0 Å². The zero-order chi connectivity index (χ0) is 25.7. The van der Waals surface area contributed by atoms with Crippen LogP contribution in [0.5, 0.6) is 0 Å². The lowest BCUT2D eigenvalue weighted by Crippen LogP contribution is -2.44. The van der Waals surface area contributed by atoms with E-state index in [1.807, 2.05) is 0 Å². The monoisotopic (exact) mass is 494 g/mol. The number of H-pyrrole nitrogens is 2. The summed E-state index contributed by atoms with van der Waals surface area (Å²) < 4.78 is 0. The average Bonchev–Trinajstić information content (AvgIpc) is 2.89. The third kappa shape index (κ3) is 5.42. The molecule has 0 fully saturated rings. The number of benzene rings is 2. The van der Waals surface area contributed by atoms with Crippen molar-refractivity contribution in [2.45, 2.75) is 18.3 Å². The Morgan fingerprint density at radius 2 is 1.42 bits per heavy atom. The van der Waals surface area contributed by atoms with Crippen LogP contribution in [0.3, 0.4) is 0 Å². The lowest BCUT2D eigenvalue weighted by Gasteiger charge is -2.21. The third-order valence-corrected chi connectivity index (χ3v) is 5.09. The minimum absolute atomic E-state index is 0.00628. The lowest BCUT2D eigenvalue weighted by molar-refractivity contribution is -0.0548. The maximum Gasteiger partial charge on any atom is 0.260 e. The average molecular weight is 494 g/mol. The quantitative estimate of drug-likeness (QED) is 0.106.